The number of aliphatic carboxylic acids is 2. The Hall–Kier alpha value is -2.38. The molecule has 0 aromatic carbocycles. The minimum atomic E-state index is -1.51. The van der Waals surface area contributed by atoms with Gasteiger partial charge in [-0.3, -0.25) is 19.2 Å². The topological polar surface area (TPSA) is 208 Å². The first-order valence-corrected chi connectivity index (χ1v) is 9.83. The van der Waals surface area contributed by atoms with Gasteiger partial charge in [-0.15, -0.1) is 0 Å². The Labute approximate surface area is 179 Å². The highest BCUT2D eigenvalue weighted by Gasteiger charge is 2.32. The summed E-state index contributed by atoms with van der Waals surface area (Å²) >= 11 is 3.86. The molecule has 3 amide bonds. The Balaban J connectivity index is 5.35. The van der Waals surface area contributed by atoms with Gasteiger partial charge in [-0.1, -0.05) is 13.8 Å². The number of hydrogen-bond donors (Lipinski definition) is 8. The zero-order valence-corrected chi connectivity index (χ0v) is 17.9. The predicted molar refractivity (Wildman–Crippen MR) is 109 cm³/mol. The lowest BCUT2D eigenvalue weighted by molar-refractivity contribution is -0.141. The van der Waals surface area contributed by atoms with Crippen molar-refractivity contribution in [3.63, 3.8) is 0 Å². The average molecular weight is 451 g/mol. The minimum absolute atomic E-state index is 0.0658. The van der Waals surface area contributed by atoms with Gasteiger partial charge in [0.15, 0.2) is 0 Å². The molecule has 0 aromatic rings. The lowest BCUT2D eigenvalue weighted by Gasteiger charge is -2.27. The Morgan fingerprint density at radius 3 is 1.83 bits per heavy atom. The number of aliphatic hydroxyl groups is 1. The van der Waals surface area contributed by atoms with E-state index in [1.54, 1.807) is 13.8 Å². The third-order valence-corrected chi connectivity index (χ3v) is 4.30. The number of rotatable bonds is 13. The maximum absolute atomic E-state index is 12.6. The second-order valence-corrected chi connectivity index (χ2v) is 7.57. The van der Waals surface area contributed by atoms with E-state index in [0.717, 1.165) is 0 Å². The van der Waals surface area contributed by atoms with Crippen LogP contribution in [0.15, 0.2) is 0 Å². The van der Waals surface area contributed by atoms with Gasteiger partial charge in [0.05, 0.1) is 18.6 Å². The van der Waals surface area contributed by atoms with E-state index in [9.17, 15) is 29.1 Å². The molecule has 0 heterocycles. The fourth-order valence-corrected chi connectivity index (χ4v) is 2.62. The van der Waals surface area contributed by atoms with Crippen molar-refractivity contribution in [2.75, 3.05) is 5.75 Å². The van der Waals surface area contributed by atoms with Gasteiger partial charge < -0.3 is 37.0 Å². The molecule has 0 bridgehead atoms. The Kier molecular flexibility index (Phi) is 12.0. The van der Waals surface area contributed by atoms with E-state index in [-0.39, 0.29) is 18.1 Å². The standard InChI is InChI=1S/C17H30N4O8S/c1-7(2)4-10(15(26)20-11(6-30)17(28)29)19-16(27)13(8(3)22)21-14(25)9(18)5-12(23)24/h7-11,13,22,30H,4-6,18H2,1-3H3,(H,19,27)(H,20,26)(H,21,25)(H,23,24)(H,28,29). The Morgan fingerprint density at radius 2 is 1.43 bits per heavy atom. The number of amides is 3. The van der Waals surface area contributed by atoms with Gasteiger partial charge in [-0.25, -0.2) is 4.79 Å². The van der Waals surface area contributed by atoms with Gasteiger partial charge in [-0.2, -0.15) is 12.6 Å². The minimum Gasteiger partial charge on any atom is -0.481 e. The van der Waals surface area contributed by atoms with Crippen molar-refractivity contribution < 1.29 is 39.3 Å². The summed E-state index contributed by atoms with van der Waals surface area (Å²) in [5.74, 6) is -5.50. The fourth-order valence-electron chi connectivity index (χ4n) is 2.37. The highest BCUT2D eigenvalue weighted by molar-refractivity contribution is 7.80. The number of hydrogen-bond acceptors (Lipinski definition) is 8. The van der Waals surface area contributed by atoms with Crippen LogP contribution in [0.3, 0.4) is 0 Å². The van der Waals surface area contributed by atoms with E-state index in [4.69, 9.17) is 15.9 Å². The van der Waals surface area contributed by atoms with Crippen LogP contribution in [-0.4, -0.2) is 81.0 Å². The SMILES string of the molecule is CC(C)CC(NC(=O)C(NC(=O)C(N)CC(=O)O)C(C)O)C(=O)NC(CS)C(=O)O. The van der Waals surface area contributed by atoms with Crippen LogP contribution in [0.5, 0.6) is 0 Å². The van der Waals surface area contributed by atoms with Crippen molar-refractivity contribution in [3.8, 4) is 0 Å². The Morgan fingerprint density at radius 1 is 0.900 bits per heavy atom. The molecule has 0 aliphatic rings. The molecule has 0 radical (unpaired) electrons. The summed E-state index contributed by atoms with van der Waals surface area (Å²) in [6.07, 6.45) is -1.92. The first kappa shape index (κ1) is 27.6. The van der Waals surface area contributed by atoms with Gasteiger partial charge in [0.2, 0.25) is 17.7 Å². The molecule has 0 saturated carbocycles. The summed E-state index contributed by atoms with van der Waals surface area (Å²) < 4.78 is 0. The molecule has 0 aliphatic carbocycles. The lowest BCUT2D eigenvalue weighted by Crippen LogP contribution is -2.60. The quantitative estimate of drug-likeness (QED) is 0.141. The molecule has 5 atom stereocenters. The molecular weight excluding hydrogens is 420 g/mol. The largest absolute Gasteiger partial charge is 0.481 e. The van der Waals surface area contributed by atoms with E-state index in [1.807, 2.05) is 0 Å². The summed E-state index contributed by atoms with van der Waals surface area (Å²) in [6, 6.07) is -5.38. The van der Waals surface area contributed by atoms with Gasteiger partial charge >= 0.3 is 11.9 Å². The fraction of sp³-hybridized carbons (Fsp3) is 0.706. The van der Waals surface area contributed by atoms with Crippen molar-refractivity contribution in [1.29, 1.82) is 0 Å². The van der Waals surface area contributed by atoms with Crippen molar-refractivity contribution in [1.82, 2.24) is 16.0 Å². The summed E-state index contributed by atoms with van der Waals surface area (Å²) in [5.41, 5.74) is 5.45. The number of thiol groups is 1. The number of aliphatic hydroxyl groups excluding tert-OH is 1. The molecule has 0 aromatic heterocycles. The first-order chi connectivity index (χ1) is 13.8. The van der Waals surface area contributed by atoms with Crippen molar-refractivity contribution in [2.45, 2.75) is 63.9 Å². The van der Waals surface area contributed by atoms with Crippen LogP contribution in [0.4, 0.5) is 0 Å². The third kappa shape index (κ3) is 9.89. The molecule has 5 unspecified atom stereocenters. The van der Waals surface area contributed by atoms with E-state index in [1.165, 1.54) is 6.92 Å². The van der Waals surface area contributed by atoms with Crippen LogP contribution in [0, 0.1) is 5.92 Å². The first-order valence-electron chi connectivity index (χ1n) is 9.20. The van der Waals surface area contributed by atoms with E-state index in [2.05, 4.69) is 28.6 Å². The smallest absolute Gasteiger partial charge is 0.327 e. The van der Waals surface area contributed by atoms with Crippen LogP contribution in [0.2, 0.25) is 0 Å². The monoisotopic (exact) mass is 450 g/mol. The molecule has 12 nitrogen and oxygen atoms in total. The molecule has 8 N–H and O–H groups in total. The number of carbonyl (C=O) groups excluding carboxylic acids is 3. The number of carboxylic acid groups (broad SMARTS) is 2. The number of nitrogens with one attached hydrogen (secondary N) is 3. The van der Waals surface area contributed by atoms with Gasteiger partial charge in [-0.05, 0) is 19.3 Å². The molecule has 0 fully saturated rings. The van der Waals surface area contributed by atoms with Gasteiger partial charge in [0.25, 0.3) is 0 Å². The van der Waals surface area contributed by atoms with E-state index < -0.39 is 66.4 Å². The molecule has 13 heteroatoms. The molecular formula is C17H30N4O8S. The average Bonchev–Trinajstić information content (AvgIpc) is 2.61. The lowest BCUT2D eigenvalue weighted by atomic mass is 10.0. The van der Waals surface area contributed by atoms with E-state index in [0.29, 0.717) is 0 Å². The maximum Gasteiger partial charge on any atom is 0.327 e. The second-order valence-electron chi connectivity index (χ2n) is 7.20. The Bertz CT molecular complexity index is 643. The molecule has 0 saturated heterocycles. The van der Waals surface area contributed by atoms with Gasteiger partial charge in [0.1, 0.15) is 18.1 Å². The van der Waals surface area contributed by atoms with Gasteiger partial charge in [0, 0.05) is 5.75 Å². The normalized spacial score (nSPS) is 16.0. The highest BCUT2D eigenvalue weighted by Crippen LogP contribution is 2.07. The zero-order chi connectivity index (χ0) is 23.6. The number of nitrogens with two attached hydrogens (primary N) is 1. The second kappa shape index (κ2) is 13.0. The number of carboxylic acids is 2. The summed E-state index contributed by atoms with van der Waals surface area (Å²) in [4.78, 5) is 58.9. The van der Waals surface area contributed by atoms with E-state index >= 15 is 0 Å². The highest BCUT2D eigenvalue weighted by atomic mass is 32.1. The van der Waals surface area contributed by atoms with Crippen LogP contribution < -0.4 is 21.7 Å². The van der Waals surface area contributed by atoms with Crippen LogP contribution in [0.1, 0.15) is 33.6 Å². The third-order valence-electron chi connectivity index (χ3n) is 3.93. The van der Waals surface area contributed by atoms with Crippen LogP contribution in [0.25, 0.3) is 0 Å². The molecule has 0 aliphatic heterocycles. The summed E-state index contributed by atoms with van der Waals surface area (Å²) in [7, 11) is 0. The van der Waals surface area contributed by atoms with Crippen LogP contribution in [-0.2, 0) is 24.0 Å². The predicted octanol–water partition coefficient (Wildman–Crippen LogP) is -2.32. The van der Waals surface area contributed by atoms with Crippen LogP contribution >= 0.6 is 12.6 Å². The molecule has 30 heavy (non-hydrogen) atoms. The maximum atomic E-state index is 12.6. The molecule has 172 valence electrons. The number of carbonyl (C=O) groups is 5. The molecule has 0 rings (SSSR count). The van der Waals surface area contributed by atoms with Crippen molar-refractivity contribution in [3.05, 3.63) is 0 Å². The van der Waals surface area contributed by atoms with Crippen molar-refractivity contribution >= 4 is 42.3 Å². The zero-order valence-electron chi connectivity index (χ0n) is 17.0. The van der Waals surface area contributed by atoms with Crippen molar-refractivity contribution in [2.24, 2.45) is 11.7 Å². The summed E-state index contributed by atoms with van der Waals surface area (Å²) in [6.45, 7) is 4.77. The molecule has 0 spiro atoms. The summed E-state index contributed by atoms with van der Waals surface area (Å²) in [5, 5.41) is 34.4.